The number of aryl methyl sites for hydroxylation is 1. The fourth-order valence-corrected chi connectivity index (χ4v) is 1.80. The van der Waals surface area contributed by atoms with Crippen LogP contribution in [0.5, 0.6) is 0 Å². The van der Waals surface area contributed by atoms with Gasteiger partial charge in [-0.2, -0.15) is 0 Å². The van der Waals surface area contributed by atoms with E-state index in [-0.39, 0.29) is 5.30 Å². The van der Waals surface area contributed by atoms with Crippen molar-refractivity contribution in [1.82, 2.24) is 0 Å². The number of hydrogen-bond acceptors (Lipinski definition) is 3. The maximum absolute atomic E-state index is 11.2. The average Bonchev–Trinajstić information content (AvgIpc) is 2.15. The van der Waals surface area contributed by atoms with Crippen LogP contribution in [0.3, 0.4) is 0 Å². The Morgan fingerprint density at radius 1 is 1.40 bits per heavy atom. The minimum atomic E-state index is -4.26. The van der Waals surface area contributed by atoms with E-state index in [0.717, 1.165) is 0 Å². The van der Waals surface area contributed by atoms with E-state index < -0.39 is 13.6 Å². The van der Waals surface area contributed by atoms with Crippen LogP contribution in [0.25, 0.3) is 0 Å². The maximum Gasteiger partial charge on any atom is 0.356 e. The van der Waals surface area contributed by atoms with Gasteiger partial charge in [0.25, 0.3) is 0 Å². The zero-order valence-corrected chi connectivity index (χ0v) is 9.19. The third-order valence-corrected chi connectivity index (χ3v) is 2.90. The van der Waals surface area contributed by atoms with E-state index in [0.29, 0.717) is 11.1 Å². The molecule has 0 amide bonds. The first-order chi connectivity index (χ1) is 6.86. The Morgan fingerprint density at radius 3 is 2.40 bits per heavy atom. The van der Waals surface area contributed by atoms with E-state index in [2.05, 4.69) is 4.74 Å². The highest BCUT2D eigenvalue weighted by Crippen LogP contribution is 2.33. The van der Waals surface area contributed by atoms with Crippen LogP contribution in [-0.2, 0) is 9.30 Å². The predicted molar refractivity (Wildman–Crippen MR) is 54.2 cm³/mol. The van der Waals surface area contributed by atoms with Crippen LogP contribution in [0.2, 0.25) is 0 Å². The summed E-state index contributed by atoms with van der Waals surface area (Å²) in [5.74, 6) is -0.523. The molecule has 0 aliphatic heterocycles. The van der Waals surface area contributed by atoms with Gasteiger partial charge in [-0.15, -0.1) is 0 Å². The number of methoxy groups -OCH3 is 1. The van der Waals surface area contributed by atoms with E-state index in [1.54, 1.807) is 6.92 Å². The average molecular weight is 230 g/mol. The fourth-order valence-electron chi connectivity index (χ4n) is 1.17. The van der Waals surface area contributed by atoms with Gasteiger partial charge in [0.2, 0.25) is 0 Å². The molecule has 1 aromatic rings. The van der Waals surface area contributed by atoms with E-state index in [1.165, 1.54) is 25.3 Å². The van der Waals surface area contributed by atoms with Crippen molar-refractivity contribution in [2.45, 2.75) is 6.92 Å². The number of carbonyl (C=O) groups is 1. The molecule has 5 nitrogen and oxygen atoms in total. The van der Waals surface area contributed by atoms with Crippen LogP contribution >= 0.6 is 7.60 Å². The van der Waals surface area contributed by atoms with Gasteiger partial charge in [-0.05, 0) is 30.7 Å². The molecule has 0 heterocycles. The summed E-state index contributed by atoms with van der Waals surface area (Å²) in [7, 11) is -3.01. The molecule has 82 valence electrons. The minimum Gasteiger partial charge on any atom is -0.465 e. The first-order valence-corrected chi connectivity index (χ1v) is 5.72. The van der Waals surface area contributed by atoms with Crippen molar-refractivity contribution in [2.24, 2.45) is 0 Å². The fraction of sp³-hybridized carbons (Fsp3) is 0.222. The molecule has 0 saturated carbocycles. The van der Waals surface area contributed by atoms with Crippen LogP contribution in [-0.4, -0.2) is 22.9 Å². The predicted octanol–water partition coefficient (Wildman–Crippen LogP) is 0.585. The highest BCUT2D eigenvalue weighted by Gasteiger charge is 2.19. The number of rotatable bonds is 2. The number of hydrogen-bond donors (Lipinski definition) is 2. The summed E-state index contributed by atoms with van der Waals surface area (Å²) in [4.78, 5) is 29.0. The number of esters is 1. The summed E-state index contributed by atoms with van der Waals surface area (Å²) in [6.45, 7) is 1.59. The van der Waals surface area contributed by atoms with E-state index in [9.17, 15) is 9.36 Å². The van der Waals surface area contributed by atoms with Gasteiger partial charge in [0, 0.05) is 0 Å². The quantitative estimate of drug-likeness (QED) is 0.573. The molecule has 0 radical (unpaired) electrons. The first kappa shape index (κ1) is 11.9. The van der Waals surface area contributed by atoms with E-state index in [1.807, 2.05) is 0 Å². The smallest absolute Gasteiger partial charge is 0.356 e. The summed E-state index contributed by atoms with van der Waals surface area (Å²) >= 11 is 0. The molecule has 0 fully saturated rings. The number of benzene rings is 1. The summed E-state index contributed by atoms with van der Waals surface area (Å²) < 4.78 is 15.4. The molecule has 2 N–H and O–H groups in total. The third-order valence-electron chi connectivity index (χ3n) is 1.95. The molecular weight excluding hydrogens is 219 g/mol. The SMILES string of the molecule is COC(=O)c1ccc(P(=O)(O)O)cc1C. The second-order valence-electron chi connectivity index (χ2n) is 3.03. The highest BCUT2D eigenvalue weighted by atomic mass is 31.2. The summed E-state index contributed by atoms with van der Waals surface area (Å²) in [5, 5.41) is -0.104. The van der Waals surface area contributed by atoms with Gasteiger partial charge >= 0.3 is 13.6 Å². The van der Waals surface area contributed by atoms with Gasteiger partial charge < -0.3 is 14.5 Å². The molecule has 0 bridgehead atoms. The molecule has 0 aromatic heterocycles. The molecule has 15 heavy (non-hydrogen) atoms. The lowest BCUT2D eigenvalue weighted by atomic mass is 10.1. The van der Waals surface area contributed by atoms with Crippen LogP contribution in [0, 0.1) is 6.92 Å². The molecule has 1 aromatic carbocycles. The van der Waals surface area contributed by atoms with E-state index >= 15 is 0 Å². The van der Waals surface area contributed by atoms with E-state index in [4.69, 9.17) is 9.79 Å². The normalized spacial score (nSPS) is 11.2. The Hall–Kier alpha value is -1.16. The van der Waals surface area contributed by atoms with Gasteiger partial charge in [-0.3, -0.25) is 4.57 Å². The monoisotopic (exact) mass is 230 g/mol. The Labute approximate surface area is 86.9 Å². The summed E-state index contributed by atoms with van der Waals surface area (Å²) in [6.07, 6.45) is 0. The summed E-state index contributed by atoms with van der Waals surface area (Å²) in [5.41, 5.74) is 0.775. The molecule has 0 aliphatic carbocycles. The third kappa shape index (κ3) is 2.65. The molecule has 0 saturated heterocycles. The largest absolute Gasteiger partial charge is 0.465 e. The Bertz CT molecular complexity index is 434. The zero-order valence-electron chi connectivity index (χ0n) is 8.30. The number of carbonyl (C=O) groups excluding carboxylic acids is 1. The highest BCUT2D eigenvalue weighted by molar-refractivity contribution is 7.60. The second kappa shape index (κ2) is 4.14. The minimum absolute atomic E-state index is 0.104. The lowest BCUT2D eigenvalue weighted by Gasteiger charge is -2.07. The van der Waals surface area contributed by atoms with Crippen LogP contribution in [0.4, 0.5) is 0 Å². The van der Waals surface area contributed by atoms with Crippen molar-refractivity contribution in [3.05, 3.63) is 29.3 Å². The van der Waals surface area contributed by atoms with Gasteiger partial charge in [-0.25, -0.2) is 4.79 Å². The number of ether oxygens (including phenoxy) is 1. The van der Waals surface area contributed by atoms with Gasteiger partial charge in [-0.1, -0.05) is 0 Å². The topological polar surface area (TPSA) is 83.8 Å². The van der Waals surface area contributed by atoms with Gasteiger partial charge in [0.05, 0.1) is 18.0 Å². The van der Waals surface area contributed by atoms with Crippen molar-refractivity contribution in [1.29, 1.82) is 0 Å². The van der Waals surface area contributed by atoms with Crippen LogP contribution in [0.15, 0.2) is 18.2 Å². The van der Waals surface area contributed by atoms with Crippen molar-refractivity contribution in [3.63, 3.8) is 0 Å². The van der Waals surface area contributed by atoms with Crippen molar-refractivity contribution in [3.8, 4) is 0 Å². The van der Waals surface area contributed by atoms with Crippen molar-refractivity contribution >= 4 is 18.9 Å². The molecule has 0 aliphatic rings. The molecule has 0 atom stereocenters. The standard InChI is InChI=1S/C9H11O5P/c1-6-5-7(15(11,12)13)3-4-8(6)9(10)14-2/h3-5H,1-2H3,(H2,11,12,13). The molecule has 1 rings (SSSR count). The Kier molecular flexibility index (Phi) is 3.29. The van der Waals surface area contributed by atoms with Gasteiger partial charge in [0.1, 0.15) is 0 Å². The Balaban J connectivity index is 3.20. The lowest BCUT2D eigenvalue weighted by Crippen LogP contribution is -2.09. The van der Waals surface area contributed by atoms with Gasteiger partial charge in [0.15, 0.2) is 0 Å². The summed E-state index contributed by atoms with van der Waals surface area (Å²) in [6, 6.07) is 3.85. The molecule has 0 spiro atoms. The van der Waals surface area contributed by atoms with Crippen molar-refractivity contribution < 1.29 is 23.9 Å². The zero-order chi connectivity index (χ0) is 11.6. The van der Waals surface area contributed by atoms with Crippen LogP contribution in [0.1, 0.15) is 15.9 Å². The molecule has 0 unspecified atom stereocenters. The second-order valence-corrected chi connectivity index (χ2v) is 4.64. The van der Waals surface area contributed by atoms with Crippen LogP contribution < -0.4 is 5.30 Å². The molecular formula is C9H11O5P. The Morgan fingerprint density at radius 2 is 2.00 bits per heavy atom. The molecule has 6 heteroatoms. The maximum atomic E-state index is 11.2. The lowest BCUT2D eigenvalue weighted by molar-refractivity contribution is 0.0600. The first-order valence-electron chi connectivity index (χ1n) is 4.11. The van der Waals surface area contributed by atoms with Crippen molar-refractivity contribution in [2.75, 3.05) is 7.11 Å².